The highest BCUT2D eigenvalue weighted by atomic mass is 16.4. The average Bonchev–Trinajstić information content (AvgIpc) is 1.85. The number of carboxylic acids is 1. The molecule has 0 aromatic carbocycles. The minimum absolute atomic E-state index is 0.452. The lowest BCUT2D eigenvalue weighted by Gasteiger charge is -2.37. The van der Waals surface area contributed by atoms with Crippen LogP contribution in [-0.4, -0.2) is 11.1 Å². The summed E-state index contributed by atoms with van der Waals surface area (Å²) in [5.41, 5.74) is -0.452. The Balaban J connectivity index is 2.48. The maximum Gasteiger partial charge on any atom is 0.309 e. The first-order valence-electron chi connectivity index (χ1n) is 3.88. The van der Waals surface area contributed by atoms with Crippen LogP contribution >= 0.6 is 0 Å². The molecule has 1 N–H and O–H groups in total. The topological polar surface area (TPSA) is 37.3 Å². The van der Waals surface area contributed by atoms with E-state index in [4.69, 9.17) is 11.5 Å². The Kier molecular flexibility index (Phi) is 2.19. The SMILES string of the molecule is C#CCCC1(C(=O)O)CCC1. The predicted octanol–water partition coefficient (Wildman–Crippen LogP) is 1.65. The van der Waals surface area contributed by atoms with Gasteiger partial charge in [-0.25, -0.2) is 0 Å². The van der Waals surface area contributed by atoms with E-state index in [1.165, 1.54) is 0 Å². The summed E-state index contributed by atoms with van der Waals surface area (Å²) in [5.74, 6) is 1.82. The fourth-order valence-corrected chi connectivity index (χ4v) is 1.49. The Morgan fingerprint density at radius 2 is 2.27 bits per heavy atom. The summed E-state index contributed by atoms with van der Waals surface area (Å²) in [7, 11) is 0. The zero-order valence-electron chi connectivity index (χ0n) is 6.47. The third-order valence-corrected chi connectivity index (χ3v) is 2.51. The molecule has 0 spiro atoms. The summed E-state index contributed by atoms with van der Waals surface area (Å²) in [4.78, 5) is 10.7. The summed E-state index contributed by atoms with van der Waals surface area (Å²) < 4.78 is 0. The molecule has 0 heterocycles. The second-order valence-electron chi connectivity index (χ2n) is 3.14. The first kappa shape index (κ1) is 8.13. The molecule has 1 rings (SSSR count). The van der Waals surface area contributed by atoms with Crippen molar-refractivity contribution in [2.75, 3.05) is 0 Å². The Hall–Kier alpha value is -0.970. The largest absolute Gasteiger partial charge is 0.481 e. The first-order valence-corrected chi connectivity index (χ1v) is 3.88. The Labute approximate surface area is 66.6 Å². The van der Waals surface area contributed by atoms with Gasteiger partial charge in [0.2, 0.25) is 0 Å². The van der Waals surface area contributed by atoms with Crippen molar-refractivity contribution in [2.45, 2.75) is 32.1 Å². The quantitative estimate of drug-likeness (QED) is 0.624. The zero-order chi connectivity index (χ0) is 8.32. The van der Waals surface area contributed by atoms with Crippen LogP contribution in [0, 0.1) is 17.8 Å². The van der Waals surface area contributed by atoms with Crippen molar-refractivity contribution in [3.8, 4) is 12.3 Å². The van der Waals surface area contributed by atoms with E-state index in [1.54, 1.807) is 0 Å². The number of hydrogen-bond donors (Lipinski definition) is 1. The molecule has 0 unspecified atom stereocenters. The third-order valence-electron chi connectivity index (χ3n) is 2.51. The van der Waals surface area contributed by atoms with Crippen LogP contribution in [0.1, 0.15) is 32.1 Å². The fraction of sp³-hybridized carbons (Fsp3) is 0.667. The maximum atomic E-state index is 10.7. The van der Waals surface area contributed by atoms with Crippen LogP contribution in [0.15, 0.2) is 0 Å². The number of rotatable bonds is 3. The summed E-state index contributed by atoms with van der Waals surface area (Å²) >= 11 is 0. The summed E-state index contributed by atoms with van der Waals surface area (Å²) in [6.45, 7) is 0. The molecule has 2 heteroatoms. The van der Waals surface area contributed by atoms with Gasteiger partial charge in [0.25, 0.3) is 0 Å². The molecule has 0 amide bonds. The van der Waals surface area contributed by atoms with Crippen molar-refractivity contribution in [3.63, 3.8) is 0 Å². The van der Waals surface area contributed by atoms with Crippen LogP contribution in [-0.2, 0) is 4.79 Å². The standard InChI is InChI=1S/C9H12O2/c1-2-3-5-9(8(10)11)6-4-7-9/h1H,3-7H2,(H,10,11). The number of terminal acetylenes is 1. The summed E-state index contributed by atoms with van der Waals surface area (Å²) in [6, 6.07) is 0. The van der Waals surface area contributed by atoms with Crippen molar-refractivity contribution >= 4 is 5.97 Å². The minimum atomic E-state index is -0.668. The molecule has 0 aliphatic heterocycles. The third kappa shape index (κ3) is 1.37. The lowest BCUT2D eigenvalue weighted by molar-refractivity contribution is -0.154. The predicted molar refractivity (Wildman–Crippen MR) is 42.0 cm³/mol. The Morgan fingerprint density at radius 3 is 2.55 bits per heavy atom. The molecule has 0 aromatic heterocycles. The lowest BCUT2D eigenvalue weighted by atomic mass is 9.66. The number of aliphatic carboxylic acids is 1. The molecule has 60 valence electrons. The monoisotopic (exact) mass is 152 g/mol. The van der Waals surface area contributed by atoms with Crippen LogP contribution in [0.2, 0.25) is 0 Å². The van der Waals surface area contributed by atoms with E-state index in [1.807, 2.05) is 0 Å². The molecule has 0 saturated heterocycles. The fourth-order valence-electron chi connectivity index (χ4n) is 1.49. The van der Waals surface area contributed by atoms with Gasteiger partial charge < -0.3 is 5.11 Å². The van der Waals surface area contributed by atoms with Gasteiger partial charge >= 0.3 is 5.97 Å². The maximum absolute atomic E-state index is 10.7. The number of carbonyl (C=O) groups is 1. The average molecular weight is 152 g/mol. The Morgan fingerprint density at radius 1 is 1.64 bits per heavy atom. The van der Waals surface area contributed by atoms with Gasteiger partial charge in [0.1, 0.15) is 0 Å². The van der Waals surface area contributed by atoms with Crippen molar-refractivity contribution in [2.24, 2.45) is 5.41 Å². The van der Waals surface area contributed by atoms with Gasteiger partial charge in [-0.3, -0.25) is 4.79 Å². The Bertz CT molecular complexity index is 196. The molecule has 1 saturated carbocycles. The van der Waals surface area contributed by atoms with Crippen LogP contribution in [0.5, 0.6) is 0 Å². The molecular formula is C9H12O2. The number of hydrogen-bond acceptors (Lipinski definition) is 1. The van der Waals surface area contributed by atoms with Crippen molar-refractivity contribution in [3.05, 3.63) is 0 Å². The molecule has 2 nitrogen and oxygen atoms in total. The van der Waals surface area contributed by atoms with Gasteiger partial charge in [-0.1, -0.05) is 6.42 Å². The smallest absolute Gasteiger partial charge is 0.309 e. The van der Waals surface area contributed by atoms with Gasteiger partial charge in [0.15, 0.2) is 0 Å². The first-order chi connectivity index (χ1) is 5.21. The second-order valence-corrected chi connectivity index (χ2v) is 3.14. The van der Waals surface area contributed by atoms with Gasteiger partial charge in [0, 0.05) is 6.42 Å². The normalized spacial score (nSPS) is 19.9. The van der Waals surface area contributed by atoms with Gasteiger partial charge in [-0.05, 0) is 19.3 Å². The van der Waals surface area contributed by atoms with E-state index in [0.29, 0.717) is 12.8 Å². The van der Waals surface area contributed by atoms with E-state index in [2.05, 4.69) is 5.92 Å². The molecule has 1 aliphatic carbocycles. The summed E-state index contributed by atoms with van der Waals surface area (Å²) in [5, 5.41) is 8.84. The molecule has 0 bridgehead atoms. The highest BCUT2D eigenvalue weighted by Crippen LogP contribution is 2.44. The van der Waals surface area contributed by atoms with Crippen LogP contribution < -0.4 is 0 Å². The molecular weight excluding hydrogens is 140 g/mol. The molecule has 1 aliphatic rings. The van der Waals surface area contributed by atoms with Gasteiger partial charge in [-0.15, -0.1) is 12.3 Å². The minimum Gasteiger partial charge on any atom is -0.481 e. The molecule has 11 heavy (non-hydrogen) atoms. The number of carboxylic acid groups (broad SMARTS) is 1. The van der Waals surface area contributed by atoms with Crippen LogP contribution in [0.3, 0.4) is 0 Å². The van der Waals surface area contributed by atoms with Gasteiger partial charge in [0.05, 0.1) is 5.41 Å². The van der Waals surface area contributed by atoms with E-state index in [0.717, 1.165) is 19.3 Å². The zero-order valence-corrected chi connectivity index (χ0v) is 6.47. The van der Waals surface area contributed by atoms with Crippen LogP contribution in [0.4, 0.5) is 0 Å². The highest BCUT2D eigenvalue weighted by molar-refractivity contribution is 5.75. The van der Waals surface area contributed by atoms with Crippen molar-refractivity contribution < 1.29 is 9.90 Å². The molecule has 0 aromatic rings. The summed E-state index contributed by atoms with van der Waals surface area (Å²) in [6.07, 6.45) is 8.97. The molecule has 0 radical (unpaired) electrons. The second kappa shape index (κ2) is 2.96. The van der Waals surface area contributed by atoms with E-state index >= 15 is 0 Å². The molecule has 1 fully saturated rings. The highest BCUT2D eigenvalue weighted by Gasteiger charge is 2.43. The van der Waals surface area contributed by atoms with Gasteiger partial charge in [-0.2, -0.15) is 0 Å². The molecule has 0 atom stereocenters. The van der Waals surface area contributed by atoms with E-state index < -0.39 is 11.4 Å². The van der Waals surface area contributed by atoms with Crippen LogP contribution in [0.25, 0.3) is 0 Å². The van der Waals surface area contributed by atoms with E-state index in [9.17, 15) is 4.79 Å². The van der Waals surface area contributed by atoms with Crippen molar-refractivity contribution in [1.82, 2.24) is 0 Å². The van der Waals surface area contributed by atoms with E-state index in [-0.39, 0.29) is 0 Å². The lowest BCUT2D eigenvalue weighted by Crippen LogP contribution is -2.37. The van der Waals surface area contributed by atoms with Crippen molar-refractivity contribution in [1.29, 1.82) is 0 Å².